The monoisotopic (exact) mass is 386 g/mol. The summed E-state index contributed by atoms with van der Waals surface area (Å²) in [5, 5.41) is 8.92. The lowest BCUT2D eigenvalue weighted by Gasteiger charge is -2.07. The van der Waals surface area contributed by atoms with Crippen molar-refractivity contribution in [3.63, 3.8) is 0 Å². The first-order valence-corrected chi connectivity index (χ1v) is 11.5. The maximum absolute atomic E-state index is 8.92. The van der Waals surface area contributed by atoms with Crippen molar-refractivity contribution < 1.29 is 9.84 Å². The molecule has 0 spiro atoms. The number of hydrogen-bond donors (Lipinski definition) is 1. The molecule has 1 aromatic rings. The molecule has 2 nitrogen and oxygen atoms in total. The molecule has 0 amide bonds. The van der Waals surface area contributed by atoms with Crippen molar-refractivity contribution in [3.8, 4) is 5.75 Å². The number of aliphatic hydroxyl groups is 1. The van der Waals surface area contributed by atoms with Crippen LogP contribution in [0, 0.1) is 0 Å². The first-order valence-electron chi connectivity index (χ1n) is 11.5. The highest BCUT2D eigenvalue weighted by molar-refractivity contribution is 5.27. The summed E-state index contributed by atoms with van der Waals surface area (Å²) in [5.41, 5.74) is 1.16. The molecule has 1 N–H and O–H groups in total. The molecule has 0 aromatic heterocycles. The van der Waals surface area contributed by atoms with Gasteiger partial charge in [-0.3, -0.25) is 0 Å². The smallest absolute Gasteiger partial charge is 0.119 e. The van der Waals surface area contributed by atoms with Crippen LogP contribution in [0.2, 0.25) is 0 Å². The van der Waals surface area contributed by atoms with Gasteiger partial charge in [-0.05, 0) is 62.6 Å². The summed E-state index contributed by atoms with van der Waals surface area (Å²) >= 11 is 0. The van der Waals surface area contributed by atoms with Crippen LogP contribution < -0.4 is 4.74 Å². The third-order valence-electron chi connectivity index (χ3n) is 4.94. The number of allylic oxidation sites excluding steroid dienone is 4. The van der Waals surface area contributed by atoms with Gasteiger partial charge in [0, 0.05) is 6.61 Å². The second-order valence-electron chi connectivity index (χ2n) is 7.55. The van der Waals surface area contributed by atoms with Crippen LogP contribution in [-0.4, -0.2) is 18.3 Å². The Labute approximate surface area is 173 Å². The molecule has 0 fully saturated rings. The predicted molar refractivity (Wildman–Crippen MR) is 122 cm³/mol. The quantitative estimate of drug-likeness (QED) is 0.210. The molecule has 0 atom stereocenters. The second-order valence-corrected chi connectivity index (χ2v) is 7.55. The van der Waals surface area contributed by atoms with Gasteiger partial charge in [0.1, 0.15) is 5.75 Å². The zero-order valence-electron chi connectivity index (χ0n) is 18.1. The van der Waals surface area contributed by atoms with Crippen LogP contribution in [0.1, 0.15) is 89.5 Å². The van der Waals surface area contributed by atoms with Crippen molar-refractivity contribution >= 4 is 0 Å². The Kier molecular flexibility index (Phi) is 16.5. The molecule has 2 heteroatoms. The summed E-state index contributed by atoms with van der Waals surface area (Å²) in [6.07, 6.45) is 25.2. The lowest BCUT2D eigenvalue weighted by atomic mass is 10.1. The molecule has 0 unspecified atom stereocenters. The van der Waals surface area contributed by atoms with E-state index >= 15 is 0 Å². The van der Waals surface area contributed by atoms with E-state index in [0.29, 0.717) is 6.42 Å². The van der Waals surface area contributed by atoms with Gasteiger partial charge in [0.2, 0.25) is 0 Å². The Morgan fingerprint density at radius 2 is 1.36 bits per heavy atom. The fraction of sp³-hybridized carbons (Fsp3) is 0.615. The zero-order chi connectivity index (χ0) is 20.1. The van der Waals surface area contributed by atoms with E-state index in [-0.39, 0.29) is 6.61 Å². The molecule has 0 radical (unpaired) electrons. The molecular formula is C26H42O2. The van der Waals surface area contributed by atoms with Gasteiger partial charge in [-0.25, -0.2) is 0 Å². The summed E-state index contributed by atoms with van der Waals surface area (Å²) in [7, 11) is 0. The normalized spacial score (nSPS) is 11.6. The van der Waals surface area contributed by atoms with E-state index in [0.717, 1.165) is 30.8 Å². The van der Waals surface area contributed by atoms with E-state index in [9.17, 15) is 0 Å². The number of unbranched alkanes of at least 4 members (excludes halogenated alkanes) is 9. The molecule has 1 aromatic carbocycles. The van der Waals surface area contributed by atoms with Gasteiger partial charge >= 0.3 is 0 Å². The van der Waals surface area contributed by atoms with Crippen LogP contribution in [0.4, 0.5) is 0 Å². The van der Waals surface area contributed by atoms with E-state index in [1.54, 1.807) is 0 Å². The number of aliphatic hydroxyl groups excluding tert-OH is 1. The summed E-state index contributed by atoms with van der Waals surface area (Å²) in [6.45, 7) is 3.25. The minimum absolute atomic E-state index is 0.201. The van der Waals surface area contributed by atoms with Gasteiger partial charge in [-0.15, -0.1) is 0 Å². The van der Waals surface area contributed by atoms with Gasteiger partial charge in [0.25, 0.3) is 0 Å². The standard InChI is InChI=1S/C26H42O2/c1-2-3-4-5-6-7-8-9-10-11-12-13-14-15-16-17-24-28-26-20-18-25(19-21-26)22-23-27/h6-7,9-10,18-21,27H,2-5,8,11-17,22-24H2,1H3/b7-6-,10-9-. The van der Waals surface area contributed by atoms with Crippen LogP contribution in [-0.2, 0) is 6.42 Å². The SMILES string of the molecule is CCCCC/C=C\C/C=C\CCCCCCCCOc1ccc(CCO)cc1. The lowest BCUT2D eigenvalue weighted by molar-refractivity contribution is 0.298. The summed E-state index contributed by atoms with van der Waals surface area (Å²) in [6, 6.07) is 8.06. The molecule has 0 aliphatic rings. The largest absolute Gasteiger partial charge is 0.494 e. The van der Waals surface area contributed by atoms with Gasteiger partial charge in [0.05, 0.1) is 6.61 Å². The summed E-state index contributed by atoms with van der Waals surface area (Å²) in [5.74, 6) is 0.935. The van der Waals surface area contributed by atoms with E-state index in [4.69, 9.17) is 9.84 Å². The topological polar surface area (TPSA) is 29.5 Å². The molecule has 0 aliphatic heterocycles. The van der Waals surface area contributed by atoms with E-state index in [2.05, 4.69) is 31.2 Å². The Hall–Kier alpha value is -1.54. The highest BCUT2D eigenvalue weighted by atomic mass is 16.5. The maximum Gasteiger partial charge on any atom is 0.119 e. The first kappa shape index (κ1) is 24.5. The molecule has 0 aliphatic carbocycles. The Bertz CT molecular complexity index is 502. The molecule has 1 rings (SSSR count). The highest BCUT2D eigenvalue weighted by Gasteiger charge is 1.96. The van der Waals surface area contributed by atoms with Gasteiger partial charge in [-0.2, -0.15) is 0 Å². The van der Waals surface area contributed by atoms with Crippen molar-refractivity contribution in [3.05, 3.63) is 54.1 Å². The van der Waals surface area contributed by atoms with Crippen molar-refractivity contribution in [2.45, 2.75) is 90.4 Å². The molecule has 0 saturated carbocycles. The average molecular weight is 387 g/mol. The Balaban J connectivity index is 1.85. The first-order chi connectivity index (χ1) is 13.9. The number of rotatable bonds is 18. The lowest BCUT2D eigenvalue weighted by Crippen LogP contribution is -1.98. The van der Waals surface area contributed by atoms with E-state index < -0.39 is 0 Å². The molecule has 0 heterocycles. The van der Waals surface area contributed by atoms with Crippen LogP contribution in [0.5, 0.6) is 5.75 Å². The van der Waals surface area contributed by atoms with Crippen LogP contribution in [0.15, 0.2) is 48.6 Å². The van der Waals surface area contributed by atoms with E-state index in [1.807, 2.05) is 24.3 Å². The second kappa shape index (κ2) is 18.8. The predicted octanol–water partition coefficient (Wildman–Crippen LogP) is 7.41. The summed E-state index contributed by atoms with van der Waals surface area (Å²) in [4.78, 5) is 0. The highest BCUT2D eigenvalue weighted by Crippen LogP contribution is 2.14. The fourth-order valence-corrected chi connectivity index (χ4v) is 3.16. The molecule has 0 bridgehead atoms. The van der Waals surface area contributed by atoms with Crippen LogP contribution >= 0.6 is 0 Å². The third-order valence-corrected chi connectivity index (χ3v) is 4.94. The fourth-order valence-electron chi connectivity index (χ4n) is 3.16. The summed E-state index contributed by atoms with van der Waals surface area (Å²) < 4.78 is 5.78. The Morgan fingerprint density at radius 3 is 2.00 bits per heavy atom. The minimum Gasteiger partial charge on any atom is -0.494 e. The molecular weight excluding hydrogens is 344 g/mol. The van der Waals surface area contributed by atoms with Gasteiger partial charge < -0.3 is 9.84 Å². The average Bonchev–Trinajstić information content (AvgIpc) is 2.72. The third kappa shape index (κ3) is 14.5. The van der Waals surface area contributed by atoms with E-state index in [1.165, 1.54) is 64.2 Å². The number of ether oxygens (including phenoxy) is 1. The number of hydrogen-bond acceptors (Lipinski definition) is 2. The van der Waals surface area contributed by atoms with Gasteiger partial charge in [0.15, 0.2) is 0 Å². The number of benzene rings is 1. The van der Waals surface area contributed by atoms with Crippen molar-refractivity contribution in [2.75, 3.05) is 13.2 Å². The molecule has 158 valence electrons. The Morgan fingerprint density at radius 1 is 0.750 bits per heavy atom. The maximum atomic E-state index is 8.92. The van der Waals surface area contributed by atoms with Gasteiger partial charge in [-0.1, -0.05) is 81.9 Å². The molecule has 0 saturated heterocycles. The zero-order valence-corrected chi connectivity index (χ0v) is 18.1. The minimum atomic E-state index is 0.201. The molecule has 28 heavy (non-hydrogen) atoms. The van der Waals surface area contributed by atoms with Crippen LogP contribution in [0.3, 0.4) is 0 Å². The van der Waals surface area contributed by atoms with Crippen molar-refractivity contribution in [2.24, 2.45) is 0 Å². The van der Waals surface area contributed by atoms with Crippen molar-refractivity contribution in [1.82, 2.24) is 0 Å². The van der Waals surface area contributed by atoms with Crippen molar-refractivity contribution in [1.29, 1.82) is 0 Å². The van der Waals surface area contributed by atoms with Crippen LogP contribution in [0.25, 0.3) is 0 Å².